The zero-order chi connectivity index (χ0) is 10.4. The minimum atomic E-state index is -0.706. The molecule has 0 amide bonds. The van der Waals surface area contributed by atoms with Gasteiger partial charge in [-0.05, 0) is 6.42 Å². The Morgan fingerprint density at radius 3 is 2.79 bits per heavy atom. The van der Waals surface area contributed by atoms with Crippen LogP contribution in [-0.4, -0.2) is 43.0 Å². The number of esters is 1. The maximum absolute atomic E-state index is 11.3. The van der Waals surface area contributed by atoms with Gasteiger partial charge < -0.3 is 20.3 Å². The van der Waals surface area contributed by atoms with Gasteiger partial charge in [0.25, 0.3) is 0 Å². The molecular formula is C9H17NO4. The molecule has 0 bridgehead atoms. The zero-order valence-electron chi connectivity index (χ0n) is 8.15. The van der Waals surface area contributed by atoms with Crippen LogP contribution in [0.1, 0.15) is 19.3 Å². The fraction of sp³-hybridized carbons (Fsp3) is 0.889. The Morgan fingerprint density at radius 1 is 1.57 bits per heavy atom. The zero-order valence-corrected chi connectivity index (χ0v) is 8.15. The molecule has 5 heteroatoms. The van der Waals surface area contributed by atoms with Crippen molar-refractivity contribution in [3.05, 3.63) is 0 Å². The van der Waals surface area contributed by atoms with Crippen molar-refractivity contribution >= 4 is 5.97 Å². The number of hydrogen-bond acceptors (Lipinski definition) is 5. The van der Waals surface area contributed by atoms with Crippen molar-refractivity contribution < 1.29 is 19.4 Å². The summed E-state index contributed by atoms with van der Waals surface area (Å²) in [7, 11) is 0. The lowest BCUT2D eigenvalue weighted by molar-refractivity contribution is -0.155. The second-order valence-corrected chi connectivity index (χ2v) is 3.37. The third-order valence-corrected chi connectivity index (χ3v) is 2.19. The molecule has 0 spiro atoms. The van der Waals surface area contributed by atoms with Crippen LogP contribution < -0.4 is 5.73 Å². The van der Waals surface area contributed by atoms with Crippen molar-refractivity contribution in [2.45, 2.75) is 31.4 Å². The van der Waals surface area contributed by atoms with Crippen LogP contribution in [0.3, 0.4) is 0 Å². The Morgan fingerprint density at radius 2 is 2.21 bits per heavy atom. The lowest BCUT2D eigenvalue weighted by Crippen LogP contribution is -2.37. The van der Waals surface area contributed by atoms with Gasteiger partial charge in [0.2, 0.25) is 0 Å². The summed E-state index contributed by atoms with van der Waals surface area (Å²) in [5.74, 6) is -0.425. The highest BCUT2D eigenvalue weighted by atomic mass is 16.6. The van der Waals surface area contributed by atoms with Crippen molar-refractivity contribution in [3.63, 3.8) is 0 Å². The van der Waals surface area contributed by atoms with E-state index in [2.05, 4.69) is 0 Å². The second-order valence-electron chi connectivity index (χ2n) is 3.37. The molecule has 0 aromatic carbocycles. The van der Waals surface area contributed by atoms with Crippen molar-refractivity contribution in [2.24, 2.45) is 5.73 Å². The fourth-order valence-corrected chi connectivity index (χ4v) is 1.30. The number of carbonyl (C=O) groups excluding carboxylic acids is 1. The largest absolute Gasteiger partial charge is 0.461 e. The van der Waals surface area contributed by atoms with E-state index in [9.17, 15) is 4.79 Å². The van der Waals surface area contributed by atoms with Gasteiger partial charge in [-0.15, -0.1) is 0 Å². The average molecular weight is 203 g/mol. The maximum atomic E-state index is 11.3. The van der Waals surface area contributed by atoms with Crippen molar-refractivity contribution in [3.8, 4) is 0 Å². The number of hydrogen-bond donors (Lipinski definition) is 2. The fourth-order valence-electron chi connectivity index (χ4n) is 1.30. The minimum Gasteiger partial charge on any atom is -0.461 e. The normalized spacial score (nSPS) is 20.4. The van der Waals surface area contributed by atoms with Gasteiger partial charge in [-0.1, -0.05) is 0 Å². The SMILES string of the molecule is N[C@@H](CCO)C(=O)OC1CCOCC1. The van der Waals surface area contributed by atoms with Crippen molar-refractivity contribution in [1.29, 1.82) is 0 Å². The monoisotopic (exact) mass is 203 g/mol. The molecule has 1 rings (SSSR count). The number of carbonyl (C=O) groups is 1. The molecule has 1 saturated heterocycles. The van der Waals surface area contributed by atoms with Crippen molar-refractivity contribution in [1.82, 2.24) is 0 Å². The summed E-state index contributed by atoms with van der Waals surface area (Å²) in [5.41, 5.74) is 5.48. The van der Waals surface area contributed by atoms with Crippen LogP contribution in [-0.2, 0) is 14.3 Å². The first kappa shape index (κ1) is 11.4. The first-order chi connectivity index (χ1) is 6.74. The van der Waals surface area contributed by atoms with Crippen LogP contribution in [0, 0.1) is 0 Å². The number of ether oxygens (including phenoxy) is 2. The molecule has 1 fully saturated rings. The Bertz CT molecular complexity index is 180. The third-order valence-electron chi connectivity index (χ3n) is 2.19. The predicted molar refractivity (Wildman–Crippen MR) is 49.6 cm³/mol. The highest BCUT2D eigenvalue weighted by Gasteiger charge is 2.21. The van der Waals surface area contributed by atoms with Crippen molar-refractivity contribution in [2.75, 3.05) is 19.8 Å². The van der Waals surface area contributed by atoms with E-state index in [1.54, 1.807) is 0 Å². The molecule has 14 heavy (non-hydrogen) atoms. The molecule has 1 heterocycles. The lowest BCUT2D eigenvalue weighted by atomic mass is 10.1. The molecule has 3 N–H and O–H groups in total. The molecule has 0 aromatic rings. The van der Waals surface area contributed by atoms with Gasteiger partial charge >= 0.3 is 5.97 Å². The van der Waals surface area contributed by atoms with Crippen LogP contribution in [0.15, 0.2) is 0 Å². The van der Waals surface area contributed by atoms with Crippen LogP contribution in [0.4, 0.5) is 0 Å². The molecule has 0 radical (unpaired) electrons. The Hall–Kier alpha value is -0.650. The first-order valence-electron chi connectivity index (χ1n) is 4.88. The highest BCUT2D eigenvalue weighted by Crippen LogP contribution is 2.11. The molecule has 1 aliphatic heterocycles. The molecular weight excluding hydrogens is 186 g/mol. The summed E-state index contributed by atoms with van der Waals surface area (Å²) in [4.78, 5) is 11.3. The van der Waals surface area contributed by atoms with Crippen LogP contribution in [0.25, 0.3) is 0 Å². The van der Waals surface area contributed by atoms with E-state index in [-0.39, 0.29) is 19.1 Å². The molecule has 0 unspecified atom stereocenters. The summed E-state index contributed by atoms with van der Waals surface area (Å²) < 4.78 is 10.3. The van der Waals surface area contributed by atoms with Gasteiger partial charge in [0.1, 0.15) is 12.1 Å². The summed E-state index contributed by atoms with van der Waals surface area (Å²) in [5, 5.41) is 8.58. The third kappa shape index (κ3) is 3.61. The predicted octanol–water partition coefficient (Wildman–Crippen LogP) is -0.582. The molecule has 1 atom stereocenters. The number of aliphatic hydroxyl groups is 1. The van der Waals surface area contributed by atoms with E-state index in [4.69, 9.17) is 20.3 Å². The second kappa shape index (κ2) is 5.95. The molecule has 0 saturated carbocycles. The standard InChI is InChI=1S/C9H17NO4/c10-8(1-4-11)9(12)14-7-2-5-13-6-3-7/h7-8,11H,1-6,10H2/t8-/m0/s1. The summed E-state index contributed by atoms with van der Waals surface area (Å²) >= 11 is 0. The van der Waals surface area contributed by atoms with Gasteiger partial charge in [0.05, 0.1) is 13.2 Å². The molecule has 0 aromatic heterocycles. The summed E-state index contributed by atoms with van der Waals surface area (Å²) in [6.07, 6.45) is 1.65. The maximum Gasteiger partial charge on any atom is 0.323 e. The van der Waals surface area contributed by atoms with Gasteiger partial charge in [0.15, 0.2) is 0 Å². The number of aliphatic hydroxyl groups excluding tert-OH is 1. The molecule has 0 aliphatic carbocycles. The molecule has 5 nitrogen and oxygen atoms in total. The first-order valence-corrected chi connectivity index (χ1v) is 4.88. The van der Waals surface area contributed by atoms with Gasteiger partial charge in [-0.3, -0.25) is 4.79 Å². The van der Waals surface area contributed by atoms with E-state index in [1.807, 2.05) is 0 Å². The van der Waals surface area contributed by atoms with E-state index < -0.39 is 12.0 Å². The number of rotatable bonds is 4. The minimum absolute atomic E-state index is 0.0685. The Kier molecular flexibility index (Phi) is 4.86. The summed E-state index contributed by atoms with van der Waals surface area (Å²) in [6.45, 7) is 1.17. The topological polar surface area (TPSA) is 81.8 Å². The highest BCUT2D eigenvalue weighted by molar-refractivity contribution is 5.75. The van der Waals surface area contributed by atoms with Gasteiger partial charge in [-0.25, -0.2) is 0 Å². The smallest absolute Gasteiger partial charge is 0.323 e. The van der Waals surface area contributed by atoms with Gasteiger partial charge in [-0.2, -0.15) is 0 Å². The Balaban J connectivity index is 2.24. The number of nitrogens with two attached hydrogens (primary N) is 1. The average Bonchev–Trinajstić information content (AvgIpc) is 2.19. The van der Waals surface area contributed by atoms with Crippen LogP contribution in [0.5, 0.6) is 0 Å². The van der Waals surface area contributed by atoms with E-state index >= 15 is 0 Å². The Labute approximate surface area is 83.2 Å². The summed E-state index contributed by atoms with van der Waals surface area (Å²) in [6, 6.07) is -0.706. The van der Waals surface area contributed by atoms with E-state index in [0.717, 1.165) is 12.8 Å². The van der Waals surface area contributed by atoms with E-state index in [0.29, 0.717) is 13.2 Å². The lowest BCUT2D eigenvalue weighted by Gasteiger charge is -2.23. The van der Waals surface area contributed by atoms with Crippen LogP contribution >= 0.6 is 0 Å². The molecule has 1 aliphatic rings. The quantitative estimate of drug-likeness (QED) is 0.597. The van der Waals surface area contributed by atoms with Crippen LogP contribution in [0.2, 0.25) is 0 Å². The van der Waals surface area contributed by atoms with E-state index in [1.165, 1.54) is 0 Å². The molecule has 82 valence electrons. The van der Waals surface area contributed by atoms with Gasteiger partial charge in [0, 0.05) is 19.4 Å².